The van der Waals surface area contributed by atoms with Crippen molar-refractivity contribution in [3.05, 3.63) is 113 Å². The molecular formula is C27H15F7. The number of allylic oxidation sites excluding steroid dienone is 1. The third-order valence-electron chi connectivity index (χ3n) is 5.31. The molecule has 0 fully saturated rings. The molecule has 4 aromatic rings. The van der Waals surface area contributed by atoms with Crippen LogP contribution in [0.15, 0.2) is 78.6 Å². The number of hydrogen-bond acceptors (Lipinski definition) is 0. The maximum Gasteiger partial charge on any atom is 0.194 e. The molecule has 0 radical (unpaired) electrons. The van der Waals surface area contributed by atoms with E-state index in [9.17, 15) is 30.7 Å². The molecule has 34 heavy (non-hydrogen) atoms. The van der Waals surface area contributed by atoms with Crippen molar-refractivity contribution in [3.8, 4) is 33.4 Å². The quantitative estimate of drug-likeness (QED) is 0.205. The molecule has 0 bridgehead atoms. The zero-order chi connectivity index (χ0) is 24.6. The van der Waals surface area contributed by atoms with Gasteiger partial charge in [-0.05, 0) is 59.0 Å². The van der Waals surface area contributed by atoms with Crippen LogP contribution in [0.2, 0.25) is 0 Å². The Morgan fingerprint density at radius 1 is 0.500 bits per heavy atom. The van der Waals surface area contributed by atoms with Gasteiger partial charge >= 0.3 is 0 Å². The summed E-state index contributed by atoms with van der Waals surface area (Å²) in [5.41, 5.74) is 0.844. The molecule has 0 aliphatic rings. The molecule has 4 rings (SSSR count). The Morgan fingerprint density at radius 3 is 1.32 bits per heavy atom. The van der Waals surface area contributed by atoms with E-state index in [-0.39, 0.29) is 27.8 Å². The van der Waals surface area contributed by atoms with Crippen molar-refractivity contribution >= 4 is 5.83 Å². The molecule has 0 unspecified atom stereocenters. The fraction of sp³-hybridized carbons (Fsp3) is 0.0370. The Labute approximate surface area is 190 Å². The third-order valence-corrected chi connectivity index (χ3v) is 5.31. The maximum absolute atomic E-state index is 14.9. The summed E-state index contributed by atoms with van der Waals surface area (Å²) in [7, 11) is 0. The van der Waals surface area contributed by atoms with Crippen molar-refractivity contribution in [1.29, 1.82) is 0 Å². The molecule has 4 aromatic carbocycles. The molecule has 0 amide bonds. The lowest BCUT2D eigenvalue weighted by Gasteiger charge is -2.11. The van der Waals surface area contributed by atoms with Crippen LogP contribution in [0.5, 0.6) is 0 Å². The molecule has 0 nitrogen and oxygen atoms in total. The van der Waals surface area contributed by atoms with E-state index in [1.54, 1.807) is 0 Å². The Kier molecular flexibility index (Phi) is 6.28. The van der Waals surface area contributed by atoms with E-state index >= 15 is 0 Å². The summed E-state index contributed by atoms with van der Waals surface area (Å²) >= 11 is 0. The molecule has 0 N–H and O–H groups in total. The third kappa shape index (κ3) is 4.46. The minimum Gasteiger partial charge on any atom is -0.209 e. The first-order valence-electron chi connectivity index (χ1n) is 10.0. The van der Waals surface area contributed by atoms with Gasteiger partial charge in [0.15, 0.2) is 23.3 Å². The van der Waals surface area contributed by atoms with E-state index in [0.717, 1.165) is 31.2 Å². The Hall–Kier alpha value is -3.87. The van der Waals surface area contributed by atoms with Crippen LogP contribution in [0, 0.1) is 29.1 Å². The van der Waals surface area contributed by atoms with Crippen molar-refractivity contribution < 1.29 is 30.7 Å². The topological polar surface area (TPSA) is 0 Å². The van der Waals surface area contributed by atoms with Gasteiger partial charge in [0.2, 0.25) is 0 Å². The summed E-state index contributed by atoms with van der Waals surface area (Å²) in [4.78, 5) is 0. The van der Waals surface area contributed by atoms with Crippen molar-refractivity contribution in [1.82, 2.24) is 0 Å². The number of rotatable bonds is 4. The Bertz CT molecular complexity index is 1350. The standard InChI is InChI=1S/C27H15F7/c1-14(28)26(33)18-8-4-16(5-9-18)19-10-21(29)25(22(30)11-19)17-6-2-15(3-7-17)20-12-23(31)27(34)24(32)13-20/h2-13H,1H3/b26-14+. The van der Waals surface area contributed by atoms with E-state index in [4.69, 9.17) is 0 Å². The van der Waals surface area contributed by atoms with E-state index in [2.05, 4.69) is 0 Å². The minimum absolute atomic E-state index is 0.00215. The molecule has 0 heterocycles. The van der Waals surface area contributed by atoms with Gasteiger partial charge in [0.05, 0.1) is 5.56 Å². The normalized spacial score (nSPS) is 12.0. The number of benzene rings is 4. The lowest BCUT2D eigenvalue weighted by atomic mass is 9.96. The van der Waals surface area contributed by atoms with E-state index in [0.29, 0.717) is 11.1 Å². The monoisotopic (exact) mass is 472 g/mol. The van der Waals surface area contributed by atoms with Gasteiger partial charge < -0.3 is 0 Å². The average molecular weight is 472 g/mol. The molecule has 0 saturated carbocycles. The van der Waals surface area contributed by atoms with Gasteiger partial charge in [-0.15, -0.1) is 0 Å². The average Bonchev–Trinajstić information content (AvgIpc) is 2.81. The molecule has 7 heteroatoms. The maximum atomic E-state index is 14.9. The summed E-state index contributed by atoms with van der Waals surface area (Å²) in [5.74, 6) is -8.01. The minimum atomic E-state index is -1.58. The van der Waals surface area contributed by atoms with Crippen LogP contribution >= 0.6 is 0 Å². The van der Waals surface area contributed by atoms with Crippen LogP contribution in [-0.4, -0.2) is 0 Å². The van der Waals surface area contributed by atoms with Crippen LogP contribution in [-0.2, 0) is 0 Å². The van der Waals surface area contributed by atoms with E-state index in [1.807, 2.05) is 0 Å². The molecule has 0 aromatic heterocycles. The highest BCUT2D eigenvalue weighted by molar-refractivity contribution is 5.75. The largest absolute Gasteiger partial charge is 0.209 e. The van der Waals surface area contributed by atoms with Crippen molar-refractivity contribution in [2.45, 2.75) is 6.92 Å². The van der Waals surface area contributed by atoms with E-state index < -0.39 is 40.7 Å². The van der Waals surface area contributed by atoms with Crippen LogP contribution < -0.4 is 0 Å². The molecule has 172 valence electrons. The fourth-order valence-electron chi connectivity index (χ4n) is 3.58. The lowest BCUT2D eigenvalue weighted by molar-refractivity contribution is 0.448. The summed E-state index contributed by atoms with van der Waals surface area (Å²) in [6.07, 6.45) is 0. The first kappa shape index (κ1) is 23.3. The molecule has 0 aliphatic heterocycles. The Balaban J connectivity index is 1.66. The first-order valence-corrected chi connectivity index (χ1v) is 10.0. The predicted molar refractivity (Wildman–Crippen MR) is 117 cm³/mol. The summed E-state index contributed by atoms with van der Waals surface area (Å²) in [5, 5.41) is 0. The molecule has 0 aliphatic carbocycles. The van der Waals surface area contributed by atoms with Gasteiger partial charge in [0.1, 0.15) is 17.5 Å². The van der Waals surface area contributed by atoms with Crippen LogP contribution in [0.25, 0.3) is 39.2 Å². The van der Waals surface area contributed by atoms with Crippen LogP contribution in [0.1, 0.15) is 12.5 Å². The zero-order valence-corrected chi connectivity index (χ0v) is 17.6. The first-order chi connectivity index (χ1) is 16.2. The highest BCUT2D eigenvalue weighted by atomic mass is 19.2. The number of hydrogen-bond donors (Lipinski definition) is 0. The second kappa shape index (κ2) is 9.17. The fourth-order valence-corrected chi connectivity index (χ4v) is 3.58. The van der Waals surface area contributed by atoms with Crippen LogP contribution in [0.3, 0.4) is 0 Å². The van der Waals surface area contributed by atoms with E-state index in [1.165, 1.54) is 48.5 Å². The van der Waals surface area contributed by atoms with Gasteiger partial charge in [0.25, 0.3) is 0 Å². The van der Waals surface area contributed by atoms with Gasteiger partial charge in [-0.1, -0.05) is 48.5 Å². The summed E-state index contributed by atoms with van der Waals surface area (Å²) in [6.45, 7) is 0.982. The van der Waals surface area contributed by atoms with Gasteiger partial charge in [0, 0.05) is 5.56 Å². The van der Waals surface area contributed by atoms with Crippen molar-refractivity contribution in [2.24, 2.45) is 0 Å². The van der Waals surface area contributed by atoms with Crippen molar-refractivity contribution in [2.75, 3.05) is 0 Å². The molecule has 0 spiro atoms. The van der Waals surface area contributed by atoms with Crippen LogP contribution in [0.4, 0.5) is 30.7 Å². The number of halogens is 7. The lowest BCUT2D eigenvalue weighted by Crippen LogP contribution is -1.94. The Morgan fingerprint density at radius 2 is 0.882 bits per heavy atom. The highest BCUT2D eigenvalue weighted by Gasteiger charge is 2.16. The van der Waals surface area contributed by atoms with Gasteiger partial charge in [-0.2, -0.15) is 0 Å². The smallest absolute Gasteiger partial charge is 0.194 e. The predicted octanol–water partition coefficient (Wildman–Crippen LogP) is 9.01. The van der Waals surface area contributed by atoms with Gasteiger partial charge in [-0.25, -0.2) is 30.7 Å². The second-order valence-electron chi connectivity index (χ2n) is 7.57. The summed E-state index contributed by atoms with van der Waals surface area (Å²) < 4.78 is 96.6. The SMILES string of the molecule is C/C(F)=C(\F)c1ccc(-c2cc(F)c(-c3ccc(-c4cc(F)c(F)c(F)c4)cc3)c(F)c2)cc1. The highest BCUT2D eigenvalue weighted by Crippen LogP contribution is 2.33. The zero-order valence-electron chi connectivity index (χ0n) is 17.6. The van der Waals surface area contributed by atoms with Crippen molar-refractivity contribution in [3.63, 3.8) is 0 Å². The molecular weight excluding hydrogens is 457 g/mol. The van der Waals surface area contributed by atoms with Gasteiger partial charge in [-0.3, -0.25) is 0 Å². The molecule has 0 saturated heterocycles. The second-order valence-corrected chi connectivity index (χ2v) is 7.57. The molecule has 0 atom stereocenters. The summed E-state index contributed by atoms with van der Waals surface area (Å²) in [6, 6.07) is 14.9.